The lowest BCUT2D eigenvalue weighted by atomic mass is 10.1. The molecule has 0 bridgehead atoms. The van der Waals surface area contributed by atoms with Crippen LogP contribution in [0.25, 0.3) is 22.8 Å². The highest BCUT2D eigenvalue weighted by Gasteiger charge is 2.18. The third-order valence-corrected chi connectivity index (χ3v) is 5.02. The molecule has 0 saturated carbocycles. The van der Waals surface area contributed by atoms with E-state index in [0.29, 0.717) is 22.8 Å². The lowest BCUT2D eigenvalue weighted by Crippen LogP contribution is -2.36. The second-order valence-electron chi connectivity index (χ2n) is 6.99. The molecule has 0 aliphatic heterocycles. The first-order valence-corrected chi connectivity index (χ1v) is 10.4. The molecule has 0 aliphatic carbocycles. The molecule has 2 N–H and O–H groups in total. The molecule has 2 aromatic heterocycles. The van der Waals surface area contributed by atoms with E-state index >= 15 is 0 Å². The third-order valence-electron chi connectivity index (χ3n) is 4.53. The molecule has 0 aliphatic rings. The number of hydrogen-bond acceptors (Lipinski definition) is 7. The van der Waals surface area contributed by atoms with Crippen molar-refractivity contribution in [1.82, 2.24) is 30.9 Å². The summed E-state index contributed by atoms with van der Waals surface area (Å²) in [5, 5.41) is 13.2. The summed E-state index contributed by atoms with van der Waals surface area (Å²) in [6.07, 6.45) is 0. The predicted octanol–water partition coefficient (Wildman–Crippen LogP) is 4.56. The molecule has 0 spiro atoms. The number of carbonyl (C=O) groups excluding carboxylic acids is 1. The molecule has 1 atom stereocenters. The molecule has 4 aromatic rings. The van der Waals surface area contributed by atoms with Crippen molar-refractivity contribution in [3.63, 3.8) is 0 Å². The van der Waals surface area contributed by atoms with E-state index in [1.807, 2.05) is 24.3 Å². The first kappa shape index (κ1) is 21.6. The maximum absolute atomic E-state index is 13.5. The second-order valence-corrected chi connectivity index (χ2v) is 7.91. The number of halogens is 2. The van der Waals surface area contributed by atoms with Crippen molar-refractivity contribution < 1.29 is 18.2 Å². The van der Waals surface area contributed by atoms with Gasteiger partial charge in [-0.2, -0.15) is 9.97 Å². The highest BCUT2D eigenvalue weighted by atomic mass is 79.9. The average molecular weight is 501 g/mol. The zero-order valence-corrected chi connectivity index (χ0v) is 18.7. The lowest BCUT2D eigenvalue weighted by Gasteiger charge is -2.09. The van der Waals surface area contributed by atoms with Crippen LogP contribution in [0.2, 0.25) is 0 Å². The van der Waals surface area contributed by atoms with E-state index in [9.17, 15) is 9.18 Å². The first-order chi connectivity index (χ1) is 15.4. The van der Waals surface area contributed by atoms with E-state index in [0.717, 1.165) is 10.0 Å². The number of nitrogens with zero attached hydrogens (tertiary/aromatic N) is 4. The van der Waals surface area contributed by atoms with Crippen molar-refractivity contribution in [3.8, 4) is 22.8 Å². The fourth-order valence-electron chi connectivity index (χ4n) is 2.85. The molecule has 0 saturated heterocycles. The van der Waals surface area contributed by atoms with Gasteiger partial charge in [0.25, 0.3) is 0 Å². The Morgan fingerprint density at radius 3 is 2.62 bits per heavy atom. The van der Waals surface area contributed by atoms with E-state index in [-0.39, 0.29) is 24.1 Å². The minimum Gasteiger partial charge on any atom is -0.337 e. The van der Waals surface area contributed by atoms with Gasteiger partial charge in [-0.1, -0.05) is 38.4 Å². The molecule has 2 heterocycles. The summed E-state index contributed by atoms with van der Waals surface area (Å²) in [5.74, 6) is 0.893. The van der Waals surface area contributed by atoms with Gasteiger partial charge in [0.2, 0.25) is 23.4 Å². The van der Waals surface area contributed by atoms with Crippen molar-refractivity contribution in [2.75, 3.05) is 0 Å². The van der Waals surface area contributed by atoms with Crippen LogP contribution in [0.4, 0.5) is 9.18 Å². The number of nitrogens with one attached hydrogen (secondary N) is 2. The Bertz CT molecular complexity index is 1260. The second kappa shape index (κ2) is 9.27. The molecule has 2 aromatic carbocycles. The van der Waals surface area contributed by atoms with Crippen molar-refractivity contribution in [3.05, 3.63) is 70.1 Å². The van der Waals surface area contributed by atoms with E-state index in [4.69, 9.17) is 9.05 Å². The van der Waals surface area contributed by atoms with Gasteiger partial charge in [0.15, 0.2) is 0 Å². The Hall–Kier alpha value is -3.60. The van der Waals surface area contributed by atoms with Crippen LogP contribution in [-0.2, 0) is 6.54 Å². The van der Waals surface area contributed by atoms with Crippen LogP contribution < -0.4 is 10.6 Å². The SMILES string of the molecule is Cc1cc(-c2noc(C(C)NC(=O)NCc3nc(-c4cccc(Br)c4)no3)n2)ccc1F. The fraction of sp³-hybridized carbons (Fsp3) is 0.190. The molecule has 0 radical (unpaired) electrons. The highest BCUT2D eigenvalue weighted by molar-refractivity contribution is 9.10. The highest BCUT2D eigenvalue weighted by Crippen LogP contribution is 2.22. The summed E-state index contributed by atoms with van der Waals surface area (Å²) in [7, 11) is 0. The van der Waals surface area contributed by atoms with Gasteiger partial charge in [0, 0.05) is 15.6 Å². The van der Waals surface area contributed by atoms with Crippen LogP contribution >= 0.6 is 15.9 Å². The quantitative estimate of drug-likeness (QED) is 0.398. The summed E-state index contributed by atoms with van der Waals surface area (Å²) in [6.45, 7) is 3.40. The molecule has 2 amide bonds. The Morgan fingerprint density at radius 1 is 1.09 bits per heavy atom. The molecule has 0 fully saturated rings. The number of carbonyl (C=O) groups is 1. The molecule has 1 unspecified atom stereocenters. The van der Waals surface area contributed by atoms with E-state index in [2.05, 4.69) is 46.8 Å². The van der Waals surface area contributed by atoms with Crippen LogP contribution in [-0.4, -0.2) is 26.3 Å². The van der Waals surface area contributed by atoms with Gasteiger partial charge in [0.05, 0.1) is 6.54 Å². The normalized spacial score (nSPS) is 11.9. The van der Waals surface area contributed by atoms with Crippen LogP contribution in [0, 0.1) is 12.7 Å². The summed E-state index contributed by atoms with van der Waals surface area (Å²) >= 11 is 3.40. The zero-order chi connectivity index (χ0) is 22.7. The van der Waals surface area contributed by atoms with Crippen molar-refractivity contribution in [2.45, 2.75) is 26.4 Å². The van der Waals surface area contributed by atoms with Crippen LogP contribution in [0.1, 0.15) is 30.3 Å². The van der Waals surface area contributed by atoms with E-state index in [1.165, 1.54) is 6.07 Å². The number of benzene rings is 2. The summed E-state index contributed by atoms with van der Waals surface area (Å²) in [6, 6.07) is 11.0. The molecular weight excluding hydrogens is 483 g/mol. The summed E-state index contributed by atoms with van der Waals surface area (Å²) in [4.78, 5) is 20.8. The smallest absolute Gasteiger partial charge is 0.315 e. The largest absolute Gasteiger partial charge is 0.337 e. The number of aromatic nitrogens is 4. The first-order valence-electron chi connectivity index (χ1n) is 9.62. The molecule has 4 rings (SSSR count). The molecule has 9 nitrogen and oxygen atoms in total. The molecule has 164 valence electrons. The van der Waals surface area contributed by atoms with Gasteiger partial charge in [-0.3, -0.25) is 0 Å². The van der Waals surface area contributed by atoms with Crippen LogP contribution in [0.5, 0.6) is 0 Å². The van der Waals surface area contributed by atoms with Crippen molar-refractivity contribution in [1.29, 1.82) is 0 Å². The Kier molecular flexibility index (Phi) is 6.26. The monoisotopic (exact) mass is 500 g/mol. The van der Waals surface area contributed by atoms with Crippen molar-refractivity contribution in [2.24, 2.45) is 0 Å². The molecule has 11 heteroatoms. The number of hydrogen-bond donors (Lipinski definition) is 2. The van der Waals surface area contributed by atoms with Crippen LogP contribution in [0.15, 0.2) is 56.0 Å². The Morgan fingerprint density at radius 2 is 1.84 bits per heavy atom. The number of rotatable bonds is 6. The maximum atomic E-state index is 13.5. The predicted molar refractivity (Wildman–Crippen MR) is 116 cm³/mol. The lowest BCUT2D eigenvalue weighted by molar-refractivity contribution is 0.232. The molecule has 32 heavy (non-hydrogen) atoms. The average Bonchev–Trinajstić information content (AvgIpc) is 3.44. The van der Waals surface area contributed by atoms with Gasteiger partial charge in [-0.25, -0.2) is 9.18 Å². The maximum Gasteiger partial charge on any atom is 0.315 e. The minimum atomic E-state index is -0.558. The number of amides is 2. The third kappa shape index (κ3) is 4.99. The standard InChI is InChI=1S/C21H18BrFN6O3/c1-11-8-14(6-7-16(11)23)19-27-20(32-29-19)12(2)25-21(30)24-10-17-26-18(28-31-17)13-4-3-5-15(22)9-13/h3-9,12H,10H2,1-2H3,(H2,24,25,30). The van der Waals surface area contributed by atoms with E-state index < -0.39 is 12.1 Å². The Labute approximate surface area is 190 Å². The summed E-state index contributed by atoms with van der Waals surface area (Å²) < 4.78 is 24.8. The summed E-state index contributed by atoms with van der Waals surface area (Å²) in [5.41, 5.74) is 1.88. The van der Waals surface area contributed by atoms with Gasteiger partial charge < -0.3 is 19.7 Å². The molecular formula is C21H18BrFN6O3. The zero-order valence-electron chi connectivity index (χ0n) is 17.1. The van der Waals surface area contributed by atoms with E-state index in [1.54, 1.807) is 26.0 Å². The minimum absolute atomic E-state index is 0.0451. The Balaban J connectivity index is 1.33. The number of aryl methyl sites for hydroxylation is 1. The van der Waals surface area contributed by atoms with Crippen LogP contribution in [0.3, 0.4) is 0 Å². The fourth-order valence-corrected chi connectivity index (χ4v) is 3.25. The van der Waals surface area contributed by atoms with Gasteiger partial charge in [0.1, 0.15) is 11.9 Å². The topological polar surface area (TPSA) is 119 Å². The van der Waals surface area contributed by atoms with Gasteiger partial charge in [-0.05, 0) is 49.7 Å². The number of urea groups is 1. The van der Waals surface area contributed by atoms with Gasteiger partial charge >= 0.3 is 6.03 Å². The van der Waals surface area contributed by atoms with Crippen molar-refractivity contribution >= 4 is 22.0 Å². The van der Waals surface area contributed by atoms with Gasteiger partial charge in [-0.15, -0.1) is 0 Å².